The second-order valence-electron chi connectivity index (χ2n) is 7.19. The number of rotatable bonds is 6. The number of benzene rings is 2. The molecule has 1 atom stereocenters. The molecule has 0 radical (unpaired) electrons. The Kier molecular flexibility index (Phi) is 5.88. The molecular formula is C23H22ClN3O2S. The summed E-state index contributed by atoms with van der Waals surface area (Å²) in [6.45, 7) is 4.21. The normalized spacial score (nSPS) is 12.4. The first-order chi connectivity index (χ1) is 14.5. The van der Waals surface area contributed by atoms with E-state index >= 15 is 0 Å². The van der Waals surface area contributed by atoms with Crippen molar-refractivity contribution >= 4 is 49.0 Å². The van der Waals surface area contributed by atoms with Crippen molar-refractivity contribution in [1.82, 2.24) is 15.1 Å². The molecule has 2 aromatic heterocycles. The van der Waals surface area contributed by atoms with E-state index in [1.807, 2.05) is 62.4 Å². The summed E-state index contributed by atoms with van der Waals surface area (Å²) in [5.41, 5.74) is 1.51. The van der Waals surface area contributed by atoms with Crippen LogP contribution in [0.3, 0.4) is 0 Å². The Morgan fingerprint density at radius 1 is 1.20 bits per heavy atom. The molecule has 0 unspecified atom stereocenters. The van der Waals surface area contributed by atoms with Crippen LogP contribution in [0.2, 0.25) is 5.02 Å². The number of hydrogen-bond acceptors (Lipinski definition) is 4. The molecule has 0 aliphatic carbocycles. The molecule has 1 amide bonds. The Morgan fingerprint density at radius 3 is 2.70 bits per heavy atom. The molecule has 0 bridgehead atoms. The highest BCUT2D eigenvalue weighted by Gasteiger charge is 2.24. The van der Waals surface area contributed by atoms with Crippen LogP contribution in [-0.4, -0.2) is 22.2 Å². The van der Waals surface area contributed by atoms with Gasteiger partial charge in [0, 0.05) is 21.7 Å². The van der Waals surface area contributed by atoms with E-state index in [2.05, 4.69) is 10.4 Å². The third kappa shape index (κ3) is 3.73. The van der Waals surface area contributed by atoms with Crippen molar-refractivity contribution in [3.8, 4) is 0 Å². The summed E-state index contributed by atoms with van der Waals surface area (Å²) in [7, 11) is 0. The number of amides is 1. The Morgan fingerprint density at radius 2 is 1.93 bits per heavy atom. The first kappa shape index (κ1) is 20.6. The van der Waals surface area contributed by atoms with E-state index in [0.717, 1.165) is 26.0 Å². The molecule has 0 aliphatic rings. The average Bonchev–Trinajstić information content (AvgIpc) is 3.14. The van der Waals surface area contributed by atoms with Gasteiger partial charge in [-0.25, -0.2) is 4.68 Å². The summed E-state index contributed by atoms with van der Waals surface area (Å²) in [5.74, 6) is -0.211. The van der Waals surface area contributed by atoms with E-state index in [1.165, 1.54) is 4.68 Å². The quantitative estimate of drug-likeness (QED) is 0.465. The van der Waals surface area contributed by atoms with Gasteiger partial charge >= 0.3 is 0 Å². The van der Waals surface area contributed by atoms with Crippen molar-refractivity contribution in [2.75, 3.05) is 6.54 Å². The molecule has 30 heavy (non-hydrogen) atoms. The van der Waals surface area contributed by atoms with Gasteiger partial charge in [0.15, 0.2) is 0 Å². The largest absolute Gasteiger partial charge is 0.354 e. The zero-order valence-corrected chi connectivity index (χ0v) is 18.4. The van der Waals surface area contributed by atoms with E-state index in [0.29, 0.717) is 29.8 Å². The maximum Gasteiger partial charge on any atom is 0.276 e. The number of carbonyl (C=O) groups excluding carboxylic acids is 1. The molecule has 1 N–H and O–H groups in total. The lowest BCUT2D eigenvalue weighted by atomic mass is 10.1. The Balaban J connectivity index is 1.63. The summed E-state index contributed by atoms with van der Waals surface area (Å²) in [6, 6.07) is 14.7. The molecule has 4 aromatic rings. The number of fused-ring (bicyclic) bond motifs is 3. The molecule has 2 heterocycles. The summed E-state index contributed by atoms with van der Waals surface area (Å²) in [5, 5.41) is 9.68. The zero-order valence-electron chi connectivity index (χ0n) is 16.8. The topological polar surface area (TPSA) is 64.0 Å². The smallest absolute Gasteiger partial charge is 0.276 e. The second kappa shape index (κ2) is 8.58. The number of carbonyl (C=O) groups is 1. The highest BCUT2D eigenvalue weighted by atomic mass is 35.5. The van der Waals surface area contributed by atoms with Gasteiger partial charge in [-0.15, -0.1) is 11.3 Å². The number of nitrogens with zero attached hydrogens (tertiary/aromatic N) is 2. The summed E-state index contributed by atoms with van der Waals surface area (Å²) < 4.78 is 3.28. The fourth-order valence-corrected chi connectivity index (χ4v) is 5.06. The van der Waals surface area contributed by atoms with E-state index in [1.54, 1.807) is 11.3 Å². The minimum Gasteiger partial charge on any atom is -0.354 e. The molecule has 4 rings (SSSR count). The van der Waals surface area contributed by atoms with Crippen molar-refractivity contribution in [1.29, 1.82) is 0 Å². The summed E-state index contributed by atoms with van der Waals surface area (Å²) in [6.07, 6.45) is 1.09. The lowest BCUT2D eigenvalue weighted by molar-refractivity contribution is -0.124. The highest BCUT2D eigenvalue weighted by Crippen LogP contribution is 2.33. The van der Waals surface area contributed by atoms with E-state index < -0.39 is 6.04 Å². The Hall–Kier alpha value is -2.70. The standard InChI is InChI=1S/C23H22ClN3O2S/c1-3-18(22(28)25-13-12-15-8-4-6-10-17(15)24)27-23(29)20-16-9-5-7-11-19(16)30-21(20)14(2)26-27/h4-11,18H,3,12-13H2,1-2H3,(H,25,28)/t18-/m0/s1. The van der Waals surface area contributed by atoms with Crippen LogP contribution in [0, 0.1) is 6.92 Å². The molecule has 2 aromatic carbocycles. The molecule has 5 nitrogen and oxygen atoms in total. The Bertz CT molecular complexity index is 1290. The van der Waals surface area contributed by atoms with Crippen molar-refractivity contribution in [3.63, 3.8) is 0 Å². The van der Waals surface area contributed by atoms with Gasteiger partial charge < -0.3 is 5.32 Å². The molecule has 0 aliphatic heterocycles. The molecule has 7 heteroatoms. The zero-order chi connectivity index (χ0) is 21.3. The first-order valence-corrected chi connectivity index (χ1v) is 11.1. The van der Waals surface area contributed by atoms with Crippen molar-refractivity contribution in [2.24, 2.45) is 0 Å². The number of hydrogen-bond donors (Lipinski definition) is 1. The number of aryl methyl sites for hydroxylation is 1. The van der Waals surface area contributed by atoms with E-state index in [4.69, 9.17) is 11.6 Å². The fourth-order valence-electron chi connectivity index (χ4n) is 3.70. The van der Waals surface area contributed by atoms with E-state index in [9.17, 15) is 9.59 Å². The molecular weight excluding hydrogens is 418 g/mol. The number of halogens is 1. The van der Waals surface area contributed by atoms with Crippen LogP contribution in [0.1, 0.15) is 30.6 Å². The summed E-state index contributed by atoms with van der Waals surface area (Å²) in [4.78, 5) is 26.2. The van der Waals surface area contributed by atoms with Crippen LogP contribution in [0.15, 0.2) is 53.3 Å². The van der Waals surface area contributed by atoms with Gasteiger partial charge in [0.2, 0.25) is 5.91 Å². The molecule has 0 saturated carbocycles. The average molecular weight is 440 g/mol. The minimum absolute atomic E-state index is 0.211. The predicted molar refractivity (Wildman–Crippen MR) is 124 cm³/mol. The predicted octanol–water partition coefficient (Wildman–Crippen LogP) is 4.88. The van der Waals surface area contributed by atoms with Gasteiger partial charge in [-0.05, 0) is 37.5 Å². The molecule has 0 fully saturated rings. The molecule has 0 saturated heterocycles. The van der Waals surface area contributed by atoms with Crippen LogP contribution in [0.4, 0.5) is 0 Å². The number of thiophene rings is 1. The van der Waals surface area contributed by atoms with Gasteiger partial charge in [-0.1, -0.05) is 54.9 Å². The maximum absolute atomic E-state index is 13.3. The minimum atomic E-state index is -0.662. The van der Waals surface area contributed by atoms with Crippen LogP contribution < -0.4 is 10.9 Å². The van der Waals surface area contributed by atoms with E-state index in [-0.39, 0.29) is 11.5 Å². The van der Waals surface area contributed by atoms with Crippen LogP contribution >= 0.6 is 22.9 Å². The third-order valence-corrected chi connectivity index (χ3v) is 6.89. The van der Waals surface area contributed by atoms with Crippen molar-refractivity contribution in [2.45, 2.75) is 32.7 Å². The van der Waals surface area contributed by atoms with Gasteiger partial charge in [0.1, 0.15) is 6.04 Å². The molecule has 0 spiro atoms. The van der Waals surface area contributed by atoms with Gasteiger partial charge in [0.05, 0.1) is 15.8 Å². The lowest BCUT2D eigenvalue weighted by Gasteiger charge is -2.17. The fraction of sp³-hybridized carbons (Fsp3) is 0.261. The van der Waals surface area contributed by atoms with Crippen LogP contribution in [0.25, 0.3) is 20.2 Å². The molecule has 154 valence electrons. The Labute approximate surface area is 183 Å². The van der Waals surface area contributed by atoms with Crippen LogP contribution in [-0.2, 0) is 11.2 Å². The van der Waals surface area contributed by atoms with Crippen molar-refractivity contribution < 1.29 is 4.79 Å². The van der Waals surface area contributed by atoms with Crippen LogP contribution in [0.5, 0.6) is 0 Å². The third-order valence-electron chi connectivity index (χ3n) is 5.24. The number of aromatic nitrogens is 2. The lowest BCUT2D eigenvalue weighted by Crippen LogP contribution is -2.39. The SMILES string of the molecule is CC[C@@H](C(=O)NCCc1ccccc1Cl)n1nc(C)c2sc3ccccc3c2c1=O. The van der Waals surface area contributed by atoms with Gasteiger partial charge in [-0.2, -0.15) is 5.10 Å². The van der Waals surface area contributed by atoms with Crippen molar-refractivity contribution in [3.05, 3.63) is 75.2 Å². The first-order valence-electron chi connectivity index (χ1n) is 9.93. The monoisotopic (exact) mass is 439 g/mol. The second-order valence-corrected chi connectivity index (χ2v) is 8.65. The maximum atomic E-state index is 13.3. The van der Waals surface area contributed by atoms with Gasteiger partial charge in [-0.3, -0.25) is 9.59 Å². The van der Waals surface area contributed by atoms with Gasteiger partial charge in [0.25, 0.3) is 5.56 Å². The highest BCUT2D eigenvalue weighted by molar-refractivity contribution is 7.26. The number of nitrogens with one attached hydrogen (secondary N) is 1. The summed E-state index contributed by atoms with van der Waals surface area (Å²) >= 11 is 7.75.